The molecule has 0 radical (unpaired) electrons. The summed E-state index contributed by atoms with van der Waals surface area (Å²) >= 11 is 0. The summed E-state index contributed by atoms with van der Waals surface area (Å²) in [6.45, 7) is 2.07. The van der Waals surface area contributed by atoms with E-state index in [2.05, 4.69) is 12.2 Å². The highest BCUT2D eigenvalue weighted by Gasteiger charge is 2.42. The summed E-state index contributed by atoms with van der Waals surface area (Å²) in [6, 6.07) is 8.43. The van der Waals surface area contributed by atoms with Crippen LogP contribution in [0.1, 0.15) is 43.2 Å². The number of carbonyl (C=O) groups is 1. The maximum absolute atomic E-state index is 12.5. The fraction of sp³-hybridized carbons (Fsp3) is 0.474. The second kappa shape index (κ2) is 5.52. The van der Waals surface area contributed by atoms with Gasteiger partial charge in [0, 0.05) is 12.1 Å². The van der Waals surface area contributed by atoms with E-state index in [1.165, 1.54) is 31.7 Å². The van der Waals surface area contributed by atoms with Gasteiger partial charge in [0.05, 0.1) is 5.39 Å². The van der Waals surface area contributed by atoms with E-state index in [4.69, 9.17) is 4.42 Å². The molecule has 4 atom stereocenters. The number of rotatable bonds is 3. The van der Waals surface area contributed by atoms with Crippen LogP contribution < -0.4 is 10.7 Å². The predicted octanol–water partition coefficient (Wildman–Crippen LogP) is 3.35. The molecule has 4 heteroatoms. The minimum atomic E-state index is -0.289. The number of para-hydroxylation sites is 1. The smallest absolute Gasteiger partial charge is 0.287 e. The molecule has 23 heavy (non-hydrogen) atoms. The Balaban J connectivity index is 1.54. The van der Waals surface area contributed by atoms with Crippen molar-refractivity contribution in [3.8, 4) is 0 Å². The van der Waals surface area contributed by atoms with Crippen LogP contribution in [0, 0.1) is 17.8 Å². The first-order chi connectivity index (χ1) is 11.1. The van der Waals surface area contributed by atoms with Crippen molar-refractivity contribution in [3.63, 3.8) is 0 Å². The molecule has 1 aromatic carbocycles. The van der Waals surface area contributed by atoms with Gasteiger partial charge in [-0.1, -0.05) is 18.6 Å². The van der Waals surface area contributed by atoms with Crippen LogP contribution in [0.25, 0.3) is 11.0 Å². The molecule has 2 saturated carbocycles. The van der Waals surface area contributed by atoms with Crippen LogP contribution >= 0.6 is 0 Å². The van der Waals surface area contributed by atoms with Gasteiger partial charge in [-0.05, 0) is 56.1 Å². The van der Waals surface area contributed by atoms with E-state index in [1.54, 1.807) is 24.3 Å². The minimum Gasteiger partial charge on any atom is -0.451 e. The SMILES string of the molecule is C[C@H](NC(=O)c1cc(=O)c2ccccc2o1)[C@H]1C[C@H]2CC[C@H]1C2. The van der Waals surface area contributed by atoms with E-state index >= 15 is 0 Å². The second-order valence-electron chi connectivity index (χ2n) is 7.07. The lowest BCUT2D eigenvalue weighted by Gasteiger charge is -2.28. The van der Waals surface area contributed by atoms with Gasteiger partial charge >= 0.3 is 0 Å². The first-order valence-corrected chi connectivity index (χ1v) is 8.45. The van der Waals surface area contributed by atoms with E-state index in [0.717, 1.165) is 11.8 Å². The number of nitrogens with one attached hydrogen (secondary N) is 1. The van der Waals surface area contributed by atoms with Gasteiger partial charge in [0.1, 0.15) is 5.58 Å². The van der Waals surface area contributed by atoms with Crippen molar-refractivity contribution < 1.29 is 9.21 Å². The normalized spacial score (nSPS) is 27.3. The molecular weight excluding hydrogens is 290 g/mol. The zero-order valence-electron chi connectivity index (χ0n) is 13.2. The Labute approximate surface area is 134 Å². The molecule has 2 bridgehead atoms. The number of hydrogen-bond acceptors (Lipinski definition) is 3. The lowest BCUT2D eigenvalue weighted by Crippen LogP contribution is -2.40. The molecule has 1 amide bonds. The number of fused-ring (bicyclic) bond motifs is 3. The van der Waals surface area contributed by atoms with Crippen molar-refractivity contribution in [1.29, 1.82) is 0 Å². The third kappa shape index (κ3) is 2.56. The monoisotopic (exact) mass is 311 g/mol. The molecule has 120 valence electrons. The summed E-state index contributed by atoms with van der Waals surface area (Å²) in [5, 5.41) is 3.55. The Morgan fingerprint density at radius 2 is 2.09 bits per heavy atom. The Bertz CT molecular complexity index is 810. The summed E-state index contributed by atoms with van der Waals surface area (Å²) in [6.07, 6.45) is 5.17. The van der Waals surface area contributed by atoms with Crippen LogP contribution in [-0.4, -0.2) is 11.9 Å². The molecule has 1 N–H and O–H groups in total. The van der Waals surface area contributed by atoms with E-state index in [-0.39, 0.29) is 23.1 Å². The van der Waals surface area contributed by atoms with E-state index in [0.29, 0.717) is 16.9 Å². The summed E-state index contributed by atoms with van der Waals surface area (Å²) in [7, 11) is 0. The molecule has 4 rings (SSSR count). The molecule has 4 nitrogen and oxygen atoms in total. The molecule has 1 aromatic heterocycles. The van der Waals surface area contributed by atoms with Crippen LogP contribution in [0.15, 0.2) is 39.5 Å². The highest BCUT2D eigenvalue weighted by Crippen LogP contribution is 2.49. The van der Waals surface area contributed by atoms with Gasteiger partial charge in [-0.15, -0.1) is 0 Å². The quantitative estimate of drug-likeness (QED) is 0.945. The van der Waals surface area contributed by atoms with Gasteiger partial charge in [-0.3, -0.25) is 9.59 Å². The third-order valence-corrected chi connectivity index (χ3v) is 5.65. The third-order valence-electron chi connectivity index (χ3n) is 5.65. The van der Waals surface area contributed by atoms with Crippen molar-refractivity contribution in [1.82, 2.24) is 5.32 Å². The summed E-state index contributed by atoms with van der Waals surface area (Å²) in [5.41, 5.74) is 0.280. The maximum atomic E-state index is 12.5. The van der Waals surface area contributed by atoms with Crippen LogP contribution in [0.5, 0.6) is 0 Å². The van der Waals surface area contributed by atoms with Gasteiger partial charge < -0.3 is 9.73 Å². The average Bonchev–Trinajstić information content (AvgIpc) is 3.18. The van der Waals surface area contributed by atoms with Crippen molar-refractivity contribution in [2.75, 3.05) is 0 Å². The summed E-state index contributed by atoms with van der Waals surface area (Å²) in [4.78, 5) is 24.6. The first kappa shape index (κ1) is 14.5. The lowest BCUT2D eigenvalue weighted by atomic mass is 9.84. The Morgan fingerprint density at radius 1 is 1.26 bits per heavy atom. The number of hydrogen-bond donors (Lipinski definition) is 1. The highest BCUT2D eigenvalue weighted by atomic mass is 16.3. The standard InChI is InChI=1S/C19H21NO3/c1-11(15-9-12-6-7-13(15)8-12)20-19(22)18-10-16(21)14-4-2-3-5-17(14)23-18/h2-5,10-13,15H,6-9H2,1H3,(H,20,22)/t11-,12-,13-,15+/m0/s1. The summed E-state index contributed by atoms with van der Waals surface area (Å²) in [5.74, 6) is 1.97. The molecule has 0 spiro atoms. The van der Waals surface area contributed by atoms with Crippen molar-refractivity contribution >= 4 is 16.9 Å². The molecule has 1 heterocycles. The Morgan fingerprint density at radius 3 is 2.83 bits per heavy atom. The second-order valence-corrected chi connectivity index (χ2v) is 7.07. The fourth-order valence-electron chi connectivity index (χ4n) is 4.51. The highest BCUT2D eigenvalue weighted by molar-refractivity contribution is 5.93. The first-order valence-electron chi connectivity index (χ1n) is 8.45. The van der Waals surface area contributed by atoms with Crippen LogP contribution in [-0.2, 0) is 0 Å². The molecule has 2 fully saturated rings. The molecular formula is C19H21NO3. The van der Waals surface area contributed by atoms with Crippen LogP contribution in [0.2, 0.25) is 0 Å². The van der Waals surface area contributed by atoms with E-state index < -0.39 is 0 Å². The van der Waals surface area contributed by atoms with Gasteiger partial charge in [-0.25, -0.2) is 0 Å². The van der Waals surface area contributed by atoms with Crippen molar-refractivity contribution in [2.45, 2.75) is 38.6 Å². The fourth-order valence-corrected chi connectivity index (χ4v) is 4.51. The topological polar surface area (TPSA) is 59.3 Å². The van der Waals surface area contributed by atoms with Gasteiger partial charge in [0.15, 0.2) is 11.2 Å². The van der Waals surface area contributed by atoms with E-state index in [1.807, 2.05) is 0 Å². The largest absolute Gasteiger partial charge is 0.451 e. The van der Waals surface area contributed by atoms with Gasteiger partial charge in [0.2, 0.25) is 0 Å². The number of carbonyl (C=O) groups excluding carboxylic acids is 1. The average molecular weight is 311 g/mol. The Kier molecular flexibility index (Phi) is 3.47. The zero-order chi connectivity index (χ0) is 16.0. The predicted molar refractivity (Wildman–Crippen MR) is 88.4 cm³/mol. The molecule has 2 aliphatic rings. The van der Waals surface area contributed by atoms with Crippen LogP contribution in [0.4, 0.5) is 0 Å². The molecule has 0 unspecified atom stereocenters. The summed E-state index contributed by atoms with van der Waals surface area (Å²) < 4.78 is 5.62. The van der Waals surface area contributed by atoms with Crippen molar-refractivity contribution in [3.05, 3.63) is 46.3 Å². The maximum Gasteiger partial charge on any atom is 0.287 e. The van der Waals surface area contributed by atoms with Crippen molar-refractivity contribution in [2.24, 2.45) is 17.8 Å². The molecule has 2 aliphatic carbocycles. The Hall–Kier alpha value is -2.10. The van der Waals surface area contributed by atoms with Crippen LogP contribution in [0.3, 0.4) is 0 Å². The molecule has 0 saturated heterocycles. The minimum absolute atomic E-state index is 0.101. The zero-order valence-corrected chi connectivity index (χ0v) is 13.2. The number of benzene rings is 1. The molecule has 2 aromatic rings. The lowest BCUT2D eigenvalue weighted by molar-refractivity contribution is 0.0887. The molecule has 0 aliphatic heterocycles. The van der Waals surface area contributed by atoms with Gasteiger partial charge in [0.25, 0.3) is 5.91 Å². The van der Waals surface area contributed by atoms with Gasteiger partial charge in [-0.2, -0.15) is 0 Å². The van der Waals surface area contributed by atoms with E-state index in [9.17, 15) is 9.59 Å². The number of amides is 1.